The number of nitrogens with zero attached hydrogens (tertiary/aromatic N) is 1. The van der Waals surface area contributed by atoms with Crippen LogP contribution in [0.2, 0.25) is 0 Å². The lowest BCUT2D eigenvalue weighted by atomic mass is 10.0. The molecule has 0 bridgehead atoms. The zero-order valence-electron chi connectivity index (χ0n) is 12.2. The Morgan fingerprint density at radius 1 is 1.30 bits per heavy atom. The van der Waals surface area contributed by atoms with Gasteiger partial charge in [0.25, 0.3) is 0 Å². The van der Waals surface area contributed by atoms with E-state index in [1.165, 1.54) is 0 Å². The van der Waals surface area contributed by atoms with Crippen LogP contribution in [0.5, 0.6) is 0 Å². The van der Waals surface area contributed by atoms with Crippen molar-refractivity contribution in [3.05, 3.63) is 29.3 Å². The van der Waals surface area contributed by atoms with E-state index in [9.17, 15) is 9.59 Å². The molecule has 0 saturated carbocycles. The quantitative estimate of drug-likeness (QED) is 0.837. The van der Waals surface area contributed by atoms with E-state index in [4.69, 9.17) is 5.73 Å². The Morgan fingerprint density at radius 3 is 2.60 bits per heavy atom. The van der Waals surface area contributed by atoms with Crippen molar-refractivity contribution < 1.29 is 9.59 Å². The molecule has 0 aliphatic carbocycles. The summed E-state index contributed by atoms with van der Waals surface area (Å²) in [4.78, 5) is 26.0. The van der Waals surface area contributed by atoms with Gasteiger partial charge in [-0.3, -0.25) is 9.59 Å². The van der Waals surface area contributed by atoms with E-state index >= 15 is 0 Å². The molecule has 1 aromatic rings. The predicted octanol–water partition coefficient (Wildman–Crippen LogP) is 2.15. The third kappa shape index (κ3) is 2.61. The summed E-state index contributed by atoms with van der Waals surface area (Å²) in [7, 11) is 0. The minimum atomic E-state index is -0.0578. The number of benzene rings is 1. The van der Waals surface area contributed by atoms with E-state index in [0.717, 1.165) is 30.5 Å². The van der Waals surface area contributed by atoms with Crippen LogP contribution in [0.15, 0.2) is 18.2 Å². The molecule has 20 heavy (non-hydrogen) atoms. The van der Waals surface area contributed by atoms with Crippen LogP contribution >= 0.6 is 0 Å². The Bertz CT molecular complexity index is 521. The molecular weight excluding hydrogens is 252 g/mol. The number of rotatable bonds is 5. The van der Waals surface area contributed by atoms with Gasteiger partial charge in [-0.2, -0.15) is 0 Å². The van der Waals surface area contributed by atoms with Gasteiger partial charge in [0, 0.05) is 23.7 Å². The lowest BCUT2D eigenvalue weighted by molar-refractivity contribution is -0.122. The first kappa shape index (κ1) is 14.7. The monoisotopic (exact) mass is 274 g/mol. The van der Waals surface area contributed by atoms with Crippen LogP contribution in [0, 0.1) is 5.92 Å². The van der Waals surface area contributed by atoms with Crippen LogP contribution in [0.3, 0.4) is 0 Å². The predicted molar refractivity (Wildman–Crippen MR) is 80.0 cm³/mol. The van der Waals surface area contributed by atoms with Crippen LogP contribution in [-0.4, -0.2) is 24.8 Å². The van der Waals surface area contributed by atoms with Gasteiger partial charge < -0.3 is 10.6 Å². The van der Waals surface area contributed by atoms with Crippen molar-refractivity contribution in [2.45, 2.75) is 33.1 Å². The highest BCUT2D eigenvalue weighted by Gasteiger charge is 2.28. The van der Waals surface area contributed by atoms with Crippen molar-refractivity contribution in [2.75, 3.05) is 18.0 Å². The highest BCUT2D eigenvalue weighted by molar-refractivity contribution is 6.00. The largest absolute Gasteiger partial charge is 0.324 e. The van der Waals surface area contributed by atoms with Gasteiger partial charge in [-0.1, -0.05) is 13.8 Å². The molecule has 1 amide bonds. The molecule has 1 aromatic carbocycles. The fourth-order valence-corrected chi connectivity index (χ4v) is 2.78. The van der Waals surface area contributed by atoms with Gasteiger partial charge in [0.2, 0.25) is 5.91 Å². The van der Waals surface area contributed by atoms with Crippen molar-refractivity contribution in [1.29, 1.82) is 0 Å². The Kier molecular flexibility index (Phi) is 4.55. The lowest BCUT2D eigenvalue weighted by Gasteiger charge is -2.22. The topological polar surface area (TPSA) is 63.4 Å². The minimum Gasteiger partial charge on any atom is -0.324 e. The molecule has 1 heterocycles. The Hall–Kier alpha value is -1.68. The van der Waals surface area contributed by atoms with Crippen LogP contribution in [0.25, 0.3) is 0 Å². The second-order valence-corrected chi connectivity index (χ2v) is 5.22. The van der Waals surface area contributed by atoms with E-state index in [1.54, 1.807) is 6.07 Å². The zero-order chi connectivity index (χ0) is 14.7. The number of carbonyl (C=O) groups excluding carboxylic acids is 2. The molecule has 108 valence electrons. The number of Topliss-reactive ketones (excluding diaryl/α,β-unsaturated/α-hetero) is 1. The first-order chi connectivity index (χ1) is 9.62. The molecule has 0 spiro atoms. The summed E-state index contributed by atoms with van der Waals surface area (Å²) in [6.07, 6.45) is 2.54. The normalized spacial score (nSPS) is 13.7. The molecule has 0 saturated heterocycles. The number of hydrogen-bond donors (Lipinski definition) is 1. The summed E-state index contributed by atoms with van der Waals surface area (Å²) in [5.74, 6) is 0.232. The molecular formula is C16H22N2O2. The first-order valence-corrected chi connectivity index (χ1v) is 7.29. The van der Waals surface area contributed by atoms with E-state index in [1.807, 2.05) is 30.9 Å². The van der Waals surface area contributed by atoms with Gasteiger partial charge in [-0.05, 0) is 43.0 Å². The fraction of sp³-hybridized carbons (Fsp3) is 0.500. The van der Waals surface area contributed by atoms with Crippen molar-refractivity contribution >= 4 is 17.4 Å². The SMILES string of the molecule is CCC(CC)C(=O)N1CCc2cc(C(=O)CN)ccc21. The molecule has 1 aliphatic rings. The number of ketones is 1. The molecule has 1 aliphatic heterocycles. The molecule has 0 radical (unpaired) electrons. The second-order valence-electron chi connectivity index (χ2n) is 5.22. The summed E-state index contributed by atoms with van der Waals surface area (Å²) in [6.45, 7) is 4.83. The highest BCUT2D eigenvalue weighted by Crippen LogP contribution is 2.31. The molecule has 0 atom stereocenters. The summed E-state index contributed by atoms with van der Waals surface area (Å²) >= 11 is 0. The Morgan fingerprint density at radius 2 is 2.00 bits per heavy atom. The first-order valence-electron chi connectivity index (χ1n) is 7.29. The molecule has 0 fully saturated rings. The van der Waals surface area contributed by atoms with E-state index in [2.05, 4.69) is 0 Å². The molecule has 4 heteroatoms. The smallest absolute Gasteiger partial charge is 0.230 e. The van der Waals surface area contributed by atoms with Crippen LogP contribution in [-0.2, 0) is 11.2 Å². The number of nitrogens with two attached hydrogens (primary N) is 1. The van der Waals surface area contributed by atoms with E-state index < -0.39 is 0 Å². The summed E-state index contributed by atoms with van der Waals surface area (Å²) in [5.41, 5.74) is 8.06. The molecule has 2 N–H and O–H groups in total. The van der Waals surface area contributed by atoms with Gasteiger partial charge in [-0.15, -0.1) is 0 Å². The average molecular weight is 274 g/mol. The van der Waals surface area contributed by atoms with E-state index in [0.29, 0.717) is 12.1 Å². The van der Waals surface area contributed by atoms with Crippen LogP contribution in [0.1, 0.15) is 42.6 Å². The summed E-state index contributed by atoms with van der Waals surface area (Å²) < 4.78 is 0. The van der Waals surface area contributed by atoms with Crippen molar-refractivity contribution in [3.8, 4) is 0 Å². The minimum absolute atomic E-state index is 0.0230. The average Bonchev–Trinajstić information content (AvgIpc) is 2.90. The van der Waals surface area contributed by atoms with Crippen LogP contribution in [0.4, 0.5) is 5.69 Å². The van der Waals surface area contributed by atoms with Gasteiger partial charge in [-0.25, -0.2) is 0 Å². The highest BCUT2D eigenvalue weighted by atomic mass is 16.2. The van der Waals surface area contributed by atoms with Crippen molar-refractivity contribution in [3.63, 3.8) is 0 Å². The standard InChI is InChI=1S/C16H22N2O2/c1-3-11(4-2)16(20)18-8-7-12-9-13(15(19)10-17)5-6-14(12)18/h5-6,9,11H,3-4,7-8,10,17H2,1-2H3. The number of amides is 1. The Labute approximate surface area is 119 Å². The summed E-state index contributed by atoms with van der Waals surface area (Å²) in [6, 6.07) is 5.53. The van der Waals surface area contributed by atoms with Crippen molar-refractivity contribution in [2.24, 2.45) is 11.7 Å². The second kappa shape index (κ2) is 6.18. The number of carbonyl (C=O) groups is 2. The summed E-state index contributed by atoms with van der Waals surface area (Å²) in [5, 5.41) is 0. The van der Waals surface area contributed by atoms with E-state index in [-0.39, 0.29) is 24.2 Å². The van der Waals surface area contributed by atoms with Crippen molar-refractivity contribution in [1.82, 2.24) is 0 Å². The van der Waals surface area contributed by atoms with Gasteiger partial charge in [0.1, 0.15) is 0 Å². The van der Waals surface area contributed by atoms with Gasteiger partial charge in [0.15, 0.2) is 5.78 Å². The molecule has 4 nitrogen and oxygen atoms in total. The van der Waals surface area contributed by atoms with Gasteiger partial charge >= 0.3 is 0 Å². The zero-order valence-corrected chi connectivity index (χ0v) is 12.2. The number of hydrogen-bond acceptors (Lipinski definition) is 3. The number of fused-ring (bicyclic) bond motifs is 1. The van der Waals surface area contributed by atoms with Gasteiger partial charge in [0.05, 0.1) is 6.54 Å². The van der Waals surface area contributed by atoms with Crippen LogP contribution < -0.4 is 10.6 Å². The lowest BCUT2D eigenvalue weighted by Crippen LogP contribution is -2.34. The third-order valence-corrected chi connectivity index (χ3v) is 4.08. The Balaban J connectivity index is 2.25. The maximum Gasteiger partial charge on any atom is 0.230 e. The molecule has 0 unspecified atom stereocenters. The molecule has 0 aromatic heterocycles. The number of anilines is 1. The third-order valence-electron chi connectivity index (χ3n) is 4.08. The fourth-order valence-electron chi connectivity index (χ4n) is 2.78. The molecule has 2 rings (SSSR count). The maximum absolute atomic E-state index is 12.5. The maximum atomic E-state index is 12.5.